The number of ether oxygens (including phenoxy) is 1. The number of aryl methyl sites for hydroxylation is 3. The highest BCUT2D eigenvalue weighted by molar-refractivity contribution is 14.0. The normalized spacial score (nSPS) is 15.7. The van der Waals surface area contributed by atoms with Crippen LogP contribution in [0.3, 0.4) is 0 Å². The van der Waals surface area contributed by atoms with E-state index in [2.05, 4.69) is 50.2 Å². The van der Waals surface area contributed by atoms with Gasteiger partial charge in [-0.2, -0.15) is 5.10 Å². The van der Waals surface area contributed by atoms with Crippen LogP contribution in [0.25, 0.3) is 0 Å². The van der Waals surface area contributed by atoms with Gasteiger partial charge in [0.25, 0.3) is 0 Å². The van der Waals surface area contributed by atoms with Crippen LogP contribution in [0.5, 0.6) is 0 Å². The minimum absolute atomic E-state index is 0. The van der Waals surface area contributed by atoms with E-state index in [0.717, 1.165) is 77.1 Å². The van der Waals surface area contributed by atoms with Crippen LogP contribution in [0.2, 0.25) is 0 Å². The minimum atomic E-state index is 0. The van der Waals surface area contributed by atoms with Crippen molar-refractivity contribution in [2.45, 2.75) is 33.7 Å². The number of nitrogens with one attached hydrogen (secondary N) is 2. The fraction of sp³-hybridized carbons (Fsp3) is 0.765. The van der Waals surface area contributed by atoms with Crippen molar-refractivity contribution < 1.29 is 4.74 Å². The first-order valence-electron chi connectivity index (χ1n) is 9.02. The molecule has 1 aliphatic heterocycles. The van der Waals surface area contributed by atoms with Gasteiger partial charge in [0.15, 0.2) is 5.96 Å². The van der Waals surface area contributed by atoms with Crippen LogP contribution in [0.1, 0.15) is 24.7 Å². The van der Waals surface area contributed by atoms with E-state index in [9.17, 15) is 0 Å². The summed E-state index contributed by atoms with van der Waals surface area (Å²) in [7, 11) is 0. The molecule has 8 heteroatoms. The molecule has 0 aromatic carbocycles. The van der Waals surface area contributed by atoms with E-state index in [4.69, 9.17) is 4.74 Å². The second-order valence-corrected chi connectivity index (χ2v) is 6.15. The van der Waals surface area contributed by atoms with Crippen molar-refractivity contribution in [3.63, 3.8) is 0 Å². The number of hydrogen-bond donors (Lipinski definition) is 2. The summed E-state index contributed by atoms with van der Waals surface area (Å²) >= 11 is 0. The Morgan fingerprint density at radius 1 is 1.24 bits per heavy atom. The van der Waals surface area contributed by atoms with Crippen molar-refractivity contribution >= 4 is 29.9 Å². The molecule has 7 nitrogen and oxygen atoms in total. The van der Waals surface area contributed by atoms with Gasteiger partial charge < -0.3 is 15.4 Å². The zero-order valence-electron chi connectivity index (χ0n) is 15.8. The number of morpholine rings is 1. The molecule has 1 fully saturated rings. The van der Waals surface area contributed by atoms with Crippen LogP contribution in [0.15, 0.2) is 11.1 Å². The summed E-state index contributed by atoms with van der Waals surface area (Å²) in [6, 6.07) is 2.11. The number of hydrogen-bond acceptors (Lipinski definition) is 4. The van der Waals surface area contributed by atoms with Gasteiger partial charge in [-0.05, 0) is 33.3 Å². The molecule has 0 atom stereocenters. The van der Waals surface area contributed by atoms with Crippen LogP contribution in [-0.2, 0) is 11.3 Å². The lowest BCUT2D eigenvalue weighted by Crippen LogP contribution is -2.44. The molecule has 0 amide bonds. The summed E-state index contributed by atoms with van der Waals surface area (Å²) in [5, 5.41) is 11.2. The number of nitrogens with zero attached hydrogens (tertiary/aromatic N) is 4. The summed E-state index contributed by atoms with van der Waals surface area (Å²) in [5.41, 5.74) is 2.29. The van der Waals surface area contributed by atoms with E-state index in [1.807, 2.05) is 6.92 Å². The molecule has 1 aromatic heterocycles. The topological polar surface area (TPSA) is 66.7 Å². The molecular weight excluding hydrogens is 431 g/mol. The van der Waals surface area contributed by atoms with E-state index < -0.39 is 0 Å². The molecule has 144 valence electrons. The monoisotopic (exact) mass is 464 g/mol. The summed E-state index contributed by atoms with van der Waals surface area (Å²) in [6.45, 7) is 14.5. The van der Waals surface area contributed by atoms with Crippen LogP contribution in [0, 0.1) is 13.8 Å². The molecule has 1 aromatic rings. The van der Waals surface area contributed by atoms with Crippen LogP contribution in [0.4, 0.5) is 0 Å². The lowest BCUT2D eigenvalue weighted by Gasteiger charge is -2.26. The first-order valence-corrected chi connectivity index (χ1v) is 9.02. The van der Waals surface area contributed by atoms with Crippen LogP contribution in [-0.4, -0.2) is 73.1 Å². The van der Waals surface area contributed by atoms with Crippen molar-refractivity contribution in [1.82, 2.24) is 25.3 Å². The summed E-state index contributed by atoms with van der Waals surface area (Å²) in [4.78, 5) is 7.08. The van der Waals surface area contributed by atoms with E-state index in [0.29, 0.717) is 0 Å². The predicted molar refractivity (Wildman–Crippen MR) is 113 cm³/mol. The maximum atomic E-state index is 5.37. The first-order chi connectivity index (χ1) is 11.7. The first kappa shape index (κ1) is 22.2. The Morgan fingerprint density at radius 2 is 2.00 bits per heavy atom. The molecule has 0 unspecified atom stereocenters. The molecule has 0 bridgehead atoms. The van der Waals surface area contributed by atoms with Crippen LogP contribution < -0.4 is 10.6 Å². The largest absolute Gasteiger partial charge is 0.379 e. The summed E-state index contributed by atoms with van der Waals surface area (Å²) in [6.07, 6.45) is 0.988. The second-order valence-electron chi connectivity index (χ2n) is 6.15. The molecule has 0 radical (unpaired) electrons. The van der Waals surface area contributed by atoms with Gasteiger partial charge >= 0.3 is 0 Å². The van der Waals surface area contributed by atoms with Crippen LogP contribution >= 0.6 is 24.0 Å². The minimum Gasteiger partial charge on any atom is -0.379 e. The highest BCUT2D eigenvalue weighted by Gasteiger charge is 2.09. The van der Waals surface area contributed by atoms with Gasteiger partial charge in [0, 0.05) is 51.5 Å². The van der Waals surface area contributed by atoms with E-state index in [-0.39, 0.29) is 24.0 Å². The van der Waals surface area contributed by atoms with Crippen molar-refractivity contribution in [2.24, 2.45) is 4.99 Å². The fourth-order valence-corrected chi connectivity index (χ4v) is 2.81. The molecule has 2 N–H and O–H groups in total. The molecule has 2 rings (SSSR count). The lowest BCUT2D eigenvalue weighted by molar-refractivity contribution is 0.0389. The molecule has 1 saturated heterocycles. The Labute approximate surface area is 168 Å². The number of guanidine groups is 1. The predicted octanol–water partition coefficient (Wildman–Crippen LogP) is 1.40. The van der Waals surface area contributed by atoms with Gasteiger partial charge in [-0.1, -0.05) is 0 Å². The molecule has 0 saturated carbocycles. The van der Waals surface area contributed by atoms with Gasteiger partial charge in [-0.3, -0.25) is 14.6 Å². The number of aromatic nitrogens is 2. The van der Waals surface area contributed by atoms with E-state index in [1.54, 1.807) is 0 Å². The highest BCUT2D eigenvalue weighted by atomic mass is 127. The number of aliphatic imine (C=N–C) groups is 1. The average Bonchev–Trinajstić information content (AvgIpc) is 2.90. The van der Waals surface area contributed by atoms with Crippen molar-refractivity contribution in [3.8, 4) is 0 Å². The number of halogens is 1. The van der Waals surface area contributed by atoms with Crippen molar-refractivity contribution in [3.05, 3.63) is 17.5 Å². The Balaban J connectivity index is 0.00000312. The Bertz CT molecular complexity index is 513. The fourth-order valence-electron chi connectivity index (χ4n) is 2.81. The SMILES string of the molecule is CCNC(=NCCCn1nc(C)cc1C)NCCN1CCOCC1.I. The molecular formula is C17H33IN6O. The average molecular weight is 464 g/mol. The van der Waals surface area contributed by atoms with Crippen molar-refractivity contribution in [2.75, 3.05) is 52.5 Å². The Hall–Kier alpha value is -0.870. The smallest absolute Gasteiger partial charge is 0.191 e. The van der Waals surface area contributed by atoms with Gasteiger partial charge in [0.2, 0.25) is 0 Å². The third kappa shape index (κ3) is 8.37. The Morgan fingerprint density at radius 3 is 2.64 bits per heavy atom. The van der Waals surface area contributed by atoms with Gasteiger partial charge in [0.05, 0.1) is 18.9 Å². The maximum Gasteiger partial charge on any atom is 0.191 e. The summed E-state index contributed by atoms with van der Waals surface area (Å²) in [5.74, 6) is 0.902. The third-order valence-electron chi connectivity index (χ3n) is 4.07. The second kappa shape index (κ2) is 12.5. The van der Waals surface area contributed by atoms with Crippen molar-refractivity contribution in [1.29, 1.82) is 0 Å². The van der Waals surface area contributed by atoms with Gasteiger partial charge in [-0.15, -0.1) is 24.0 Å². The molecule has 0 spiro atoms. The summed E-state index contributed by atoms with van der Waals surface area (Å²) < 4.78 is 7.43. The number of rotatable bonds is 8. The molecule has 2 heterocycles. The Kier molecular flexibility index (Phi) is 11.1. The third-order valence-corrected chi connectivity index (χ3v) is 4.07. The molecule has 1 aliphatic rings. The standard InChI is InChI=1S/C17H32N6O.HI/c1-4-18-17(20-7-9-22-10-12-24-13-11-22)19-6-5-8-23-16(3)14-15(2)21-23;/h14H,4-13H2,1-3H3,(H2,18,19,20);1H. The quantitative estimate of drug-likeness (QED) is 0.264. The highest BCUT2D eigenvalue weighted by Crippen LogP contribution is 2.02. The molecule has 25 heavy (non-hydrogen) atoms. The van der Waals surface area contributed by atoms with E-state index >= 15 is 0 Å². The van der Waals surface area contributed by atoms with Gasteiger partial charge in [0.1, 0.15) is 0 Å². The molecule has 0 aliphatic carbocycles. The zero-order chi connectivity index (χ0) is 17.2. The lowest BCUT2D eigenvalue weighted by atomic mass is 10.4. The zero-order valence-corrected chi connectivity index (χ0v) is 18.1. The maximum absolute atomic E-state index is 5.37. The van der Waals surface area contributed by atoms with E-state index in [1.165, 1.54) is 5.69 Å². The van der Waals surface area contributed by atoms with Gasteiger partial charge in [-0.25, -0.2) is 0 Å².